The van der Waals surface area contributed by atoms with Crippen molar-refractivity contribution in [3.63, 3.8) is 0 Å². The van der Waals surface area contributed by atoms with Crippen molar-refractivity contribution in [1.29, 1.82) is 0 Å². The van der Waals surface area contributed by atoms with Crippen LogP contribution in [0.3, 0.4) is 0 Å². The zero-order valence-corrected chi connectivity index (χ0v) is 13.2. The average molecular weight is 362 g/mol. The highest BCUT2D eigenvalue weighted by molar-refractivity contribution is 9.10. The Morgan fingerprint density at radius 1 is 1.38 bits per heavy atom. The Morgan fingerprint density at radius 2 is 2.10 bits per heavy atom. The molecule has 0 aliphatic carbocycles. The minimum atomic E-state index is -4.42. The topological polar surface area (TPSA) is 29.9 Å². The summed E-state index contributed by atoms with van der Waals surface area (Å²) in [6.07, 6.45) is -1.13. The van der Waals surface area contributed by atoms with Gasteiger partial charge in [-0.2, -0.15) is 13.2 Å². The van der Waals surface area contributed by atoms with Gasteiger partial charge in [0.2, 0.25) is 0 Å². The first-order valence-electron chi connectivity index (χ1n) is 6.41. The molecule has 1 N–H and O–H groups in total. The van der Waals surface area contributed by atoms with Gasteiger partial charge < -0.3 is 9.88 Å². The van der Waals surface area contributed by atoms with Crippen LogP contribution in [0.2, 0.25) is 0 Å². The van der Waals surface area contributed by atoms with Crippen molar-refractivity contribution in [2.75, 3.05) is 6.54 Å². The second kappa shape index (κ2) is 6.19. The molecule has 1 atom stereocenters. The van der Waals surface area contributed by atoms with E-state index >= 15 is 0 Å². The summed E-state index contributed by atoms with van der Waals surface area (Å²) < 4.78 is 42.0. The molecule has 1 aromatic heterocycles. The number of aryl methyl sites for hydroxylation is 1. The van der Waals surface area contributed by atoms with E-state index in [0.29, 0.717) is 16.8 Å². The number of hydrogen-bond acceptors (Lipinski definition) is 2. The van der Waals surface area contributed by atoms with Gasteiger partial charge in [0.1, 0.15) is 5.82 Å². The molecule has 2 aromatic rings. The molecule has 1 aromatic carbocycles. The summed E-state index contributed by atoms with van der Waals surface area (Å²) in [5.74, 6) is 0.546. The standard InChI is InChI=1S/C14H15BrF3N3/c1-3-19-12(13-20-6-7-21(13)2)10-5-4-9(15)8-11(10)14(16,17)18/h4-8,12,19H,3H2,1-2H3. The van der Waals surface area contributed by atoms with Crippen LogP contribution in [0.5, 0.6) is 0 Å². The lowest BCUT2D eigenvalue weighted by molar-refractivity contribution is -0.138. The van der Waals surface area contributed by atoms with Gasteiger partial charge in [0.05, 0.1) is 11.6 Å². The first-order chi connectivity index (χ1) is 9.84. The molecule has 0 saturated carbocycles. The minimum Gasteiger partial charge on any atom is -0.336 e. The number of halogens is 4. The van der Waals surface area contributed by atoms with E-state index in [9.17, 15) is 13.2 Å². The maximum Gasteiger partial charge on any atom is 0.416 e. The monoisotopic (exact) mass is 361 g/mol. The van der Waals surface area contributed by atoms with Crippen molar-refractivity contribution in [2.45, 2.75) is 19.1 Å². The first-order valence-corrected chi connectivity index (χ1v) is 7.21. The fraction of sp³-hybridized carbons (Fsp3) is 0.357. The lowest BCUT2D eigenvalue weighted by atomic mass is 9.99. The highest BCUT2D eigenvalue weighted by Crippen LogP contribution is 2.37. The molecular formula is C14H15BrF3N3. The third-order valence-electron chi connectivity index (χ3n) is 3.16. The summed E-state index contributed by atoms with van der Waals surface area (Å²) in [7, 11) is 1.76. The van der Waals surface area contributed by atoms with Crippen LogP contribution in [0.1, 0.15) is 29.9 Å². The maximum absolute atomic E-state index is 13.3. The van der Waals surface area contributed by atoms with Crippen molar-refractivity contribution >= 4 is 15.9 Å². The smallest absolute Gasteiger partial charge is 0.336 e. The summed E-state index contributed by atoms with van der Waals surface area (Å²) in [5.41, 5.74) is -0.493. The molecule has 0 fully saturated rings. The zero-order chi connectivity index (χ0) is 15.6. The second-order valence-electron chi connectivity index (χ2n) is 4.62. The van der Waals surface area contributed by atoms with Crippen LogP contribution in [0, 0.1) is 0 Å². The number of aromatic nitrogens is 2. The Morgan fingerprint density at radius 3 is 2.62 bits per heavy atom. The van der Waals surface area contributed by atoms with Crippen LogP contribution >= 0.6 is 15.9 Å². The number of benzene rings is 1. The molecule has 0 aliphatic rings. The Bertz CT molecular complexity index is 622. The Balaban J connectivity index is 2.58. The average Bonchev–Trinajstić information content (AvgIpc) is 2.81. The number of alkyl halides is 3. The van der Waals surface area contributed by atoms with Gasteiger partial charge in [-0.3, -0.25) is 0 Å². The SMILES string of the molecule is CCNC(c1ccc(Br)cc1C(F)(F)F)c1nccn1C. The van der Waals surface area contributed by atoms with Gasteiger partial charge in [-0.15, -0.1) is 0 Å². The molecule has 0 radical (unpaired) electrons. The fourth-order valence-corrected chi connectivity index (χ4v) is 2.59. The number of imidazole rings is 1. The molecule has 114 valence electrons. The molecule has 1 unspecified atom stereocenters. The summed E-state index contributed by atoms with van der Waals surface area (Å²) >= 11 is 3.10. The largest absolute Gasteiger partial charge is 0.416 e. The van der Waals surface area contributed by atoms with Gasteiger partial charge in [-0.05, 0) is 24.2 Å². The molecule has 0 amide bonds. The molecule has 0 spiro atoms. The van der Waals surface area contributed by atoms with Crippen molar-refractivity contribution in [3.05, 3.63) is 52.0 Å². The minimum absolute atomic E-state index is 0.168. The zero-order valence-electron chi connectivity index (χ0n) is 11.6. The molecular weight excluding hydrogens is 347 g/mol. The van der Waals surface area contributed by atoms with E-state index in [-0.39, 0.29) is 5.56 Å². The van der Waals surface area contributed by atoms with E-state index in [1.807, 2.05) is 6.92 Å². The van der Waals surface area contributed by atoms with Crippen LogP contribution in [-0.2, 0) is 13.2 Å². The van der Waals surface area contributed by atoms with E-state index in [2.05, 4.69) is 26.2 Å². The van der Waals surface area contributed by atoms with Crippen LogP contribution < -0.4 is 5.32 Å². The number of nitrogens with one attached hydrogen (secondary N) is 1. The fourth-order valence-electron chi connectivity index (χ4n) is 2.23. The van der Waals surface area contributed by atoms with E-state index in [1.165, 1.54) is 6.07 Å². The molecule has 7 heteroatoms. The van der Waals surface area contributed by atoms with Gasteiger partial charge in [-0.1, -0.05) is 28.9 Å². The lowest BCUT2D eigenvalue weighted by Crippen LogP contribution is -2.27. The number of nitrogens with zero attached hydrogens (tertiary/aromatic N) is 2. The highest BCUT2D eigenvalue weighted by Gasteiger charge is 2.36. The van der Waals surface area contributed by atoms with E-state index < -0.39 is 17.8 Å². The van der Waals surface area contributed by atoms with Crippen molar-refractivity contribution in [2.24, 2.45) is 7.05 Å². The third kappa shape index (κ3) is 3.47. The third-order valence-corrected chi connectivity index (χ3v) is 3.65. The van der Waals surface area contributed by atoms with E-state index in [4.69, 9.17) is 0 Å². The molecule has 0 bridgehead atoms. The molecule has 3 nitrogen and oxygen atoms in total. The van der Waals surface area contributed by atoms with Crippen molar-refractivity contribution in [1.82, 2.24) is 14.9 Å². The normalized spacial score (nSPS) is 13.4. The predicted octanol–water partition coefficient (Wildman–Crippen LogP) is 3.90. The highest BCUT2D eigenvalue weighted by atomic mass is 79.9. The molecule has 21 heavy (non-hydrogen) atoms. The Labute approximate surface area is 129 Å². The van der Waals surface area contributed by atoms with Crippen LogP contribution in [-0.4, -0.2) is 16.1 Å². The number of hydrogen-bond donors (Lipinski definition) is 1. The Hall–Kier alpha value is -1.34. The predicted molar refractivity (Wildman–Crippen MR) is 77.9 cm³/mol. The number of rotatable bonds is 4. The van der Waals surface area contributed by atoms with Crippen molar-refractivity contribution < 1.29 is 13.2 Å². The van der Waals surface area contributed by atoms with Crippen molar-refractivity contribution in [3.8, 4) is 0 Å². The van der Waals surface area contributed by atoms with Gasteiger partial charge in [0.15, 0.2) is 0 Å². The van der Waals surface area contributed by atoms with Crippen LogP contribution in [0.4, 0.5) is 13.2 Å². The summed E-state index contributed by atoms with van der Waals surface area (Å²) in [4.78, 5) is 4.18. The lowest BCUT2D eigenvalue weighted by Gasteiger charge is -2.22. The van der Waals surface area contributed by atoms with Gasteiger partial charge in [-0.25, -0.2) is 4.98 Å². The van der Waals surface area contributed by atoms with Gasteiger partial charge in [0, 0.05) is 23.9 Å². The Kier molecular flexibility index (Phi) is 4.73. The summed E-state index contributed by atoms with van der Waals surface area (Å²) in [5, 5.41) is 3.08. The second-order valence-corrected chi connectivity index (χ2v) is 5.53. The maximum atomic E-state index is 13.3. The molecule has 0 aliphatic heterocycles. The molecule has 2 rings (SSSR count). The molecule has 0 saturated heterocycles. The van der Waals surface area contributed by atoms with E-state index in [1.54, 1.807) is 30.1 Å². The van der Waals surface area contributed by atoms with E-state index in [0.717, 1.165) is 6.07 Å². The summed E-state index contributed by atoms with van der Waals surface area (Å²) in [6, 6.07) is 3.58. The summed E-state index contributed by atoms with van der Waals surface area (Å²) in [6.45, 7) is 2.38. The van der Waals surface area contributed by atoms with Gasteiger partial charge in [0.25, 0.3) is 0 Å². The first kappa shape index (κ1) is 16.0. The quantitative estimate of drug-likeness (QED) is 0.894. The van der Waals surface area contributed by atoms with Crippen LogP contribution in [0.25, 0.3) is 0 Å². The van der Waals surface area contributed by atoms with Crippen LogP contribution in [0.15, 0.2) is 35.1 Å². The van der Waals surface area contributed by atoms with Gasteiger partial charge >= 0.3 is 6.18 Å². The molecule has 1 heterocycles.